The maximum atomic E-state index is 13.3. The number of hydrogen-bond donors (Lipinski definition) is 1. The van der Waals surface area contributed by atoms with Crippen LogP contribution in [0.3, 0.4) is 0 Å². The van der Waals surface area contributed by atoms with Gasteiger partial charge in [0.25, 0.3) is 5.91 Å². The molecule has 18 heavy (non-hydrogen) atoms. The Morgan fingerprint density at radius 1 is 1.39 bits per heavy atom. The third kappa shape index (κ3) is 4.35. The van der Waals surface area contributed by atoms with Crippen molar-refractivity contribution < 1.29 is 13.9 Å². The lowest BCUT2D eigenvalue weighted by molar-refractivity contribution is -0.127. The molecule has 0 heterocycles. The van der Waals surface area contributed by atoms with Crippen LogP contribution in [0, 0.1) is 18.7 Å². The predicted octanol–water partition coefficient (Wildman–Crippen LogP) is 2.67. The van der Waals surface area contributed by atoms with Crippen LogP contribution in [0.15, 0.2) is 18.2 Å². The summed E-state index contributed by atoms with van der Waals surface area (Å²) in [6.45, 7) is 7.96. The number of ether oxygens (including phenoxy) is 1. The highest BCUT2D eigenvalue weighted by Gasteiger charge is 2.15. The first-order valence-corrected chi connectivity index (χ1v) is 6.10. The van der Waals surface area contributed by atoms with Gasteiger partial charge in [0.1, 0.15) is 11.6 Å². The first kappa shape index (κ1) is 14.5. The highest BCUT2D eigenvalue weighted by molar-refractivity contribution is 5.80. The summed E-state index contributed by atoms with van der Waals surface area (Å²) in [7, 11) is 0. The van der Waals surface area contributed by atoms with Crippen LogP contribution in [0.5, 0.6) is 5.75 Å². The molecule has 1 atom stereocenters. The van der Waals surface area contributed by atoms with E-state index in [9.17, 15) is 9.18 Å². The minimum atomic E-state index is -0.633. The van der Waals surface area contributed by atoms with Gasteiger partial charge in [-0.1, -0.05) is 19.9 Å². The van der Waals surface area contributed by atoms with Crippen LogP contribution in [0.4, 0.5) is 4.39 Å². The first-order chi connectivity index (χ1) is 8.40. The molecule has 0 aromatic heterocycles. The Kier molecular flexibility index (Phi) is 5.13. The quantitative estimate of drug-likeness (QED) is 0.876. The standard InChI is InChI=1S/C14H20FNO2/c1-9(2)8-16-14(17)11(4)18-12-6-5-10(3)13(15)7-12/h5-7,9,11H,8H2,1-4H3,(H,16,17). The van der Waals surface area contributed by atoms with Crippen LogP contribution in [0.2, 0.25) is 0 Å². The Morgan fingerprint density at radius 2 is 2.06 bits per heavy atom. The zero-order valence-corrected chi connectivity index (χ0v) is 11.3. The molecule has 0 bridgehead atoms. The molecule has 0 aliphatic heterocycles. The van der Waals surface area contributed by atoms with Crippen LogP contribution < -0.4 is 10.1 Å². The van der Waals surface area contributed by atoms with Crippen LogP contribution >= 0.6 is 0 Å². The predicted molar refractivity (Wildman–Crippen MR) is 69.1 cm³/mol. The van der Waals surface area contributed by atoms with Crippen molar-refractivity contribution in [3.8, 4) is 5.75 Å². The number of amides is 1. The molecule has 3 nitrogen and oxygen atoms in total. The second kappa shape index (κ2) is 6.38. The van der Waals surface area contributed by atoms with Gasteiger partial charge in [-0.3, -0.25) is 4.79 Å². The Morgan fingerprint density at radius 3 is 2.61 bits per heavy atom. The molecule has 4 heteroatoms. The number of carbonyl (C=O) groups is 1. The van der Waals surface area contributed by atoms with Gasteiger partial charge in [-0.15, -0.1) is 0 Å². The average Bonchev–Trinajstić information content (AvgIpc) is 2.30. The van der Waals surface area contributed by atoms with E-state index in [1.807, 2.05) is 13.8 Å². The fraction of sp³-hybridized carbons (Fsp3) is 0.500. The fourth-order valence-corrected chi connectivity index (χ4v) is 1.35. The van der Waals surface area contributed by atoms with Gasteiger partial charge in [-0.25, -0.2) is 4.39 Å². The van der Waals surface area contributed by atoms with Crippen molar-refractivity contribution in [2.45, 2.75) is 33.8 Å². The number of halogens is 1. The Labute approximate surface area is 107 Å². The molecule has 0 aliphatic carbocycles. The summed E-state index contributed by atoms with van der Waals surface area (Å²) in [5.41, 5.74) is 0.555. The molecule has 1 rings (SSSR count). The van der Waals surface area contributed by atoms with Crippen molar-refractivity contribution in [1.82, 2.24) is 5.32 Å². The minimum absolute atomic E-state index is 0.190. The smallest absolute Gasteiger partial charge is 0.260 e. The summed E-state index contributed by atoms with van der Waals surface area (Å²) in [5, 5.41) is 2.77. The number of aryl methyl sites for hydroxylation is 1. The second-order valence-electron chi connectivity index (χ2n) is 4.81. The first-order valence-electron chi connectivity index (χ1n) is 6.10. The zero-order chi connectivity index (χ0) is 13.7. The van der Waals surface area contributed by atoms with Crippen molar-refractivity contribution >= 4 is 5.91 Å². The highest BCUT2D eigenvalue weighted by atomic mass is 19.1. The van der Waals surface area contributed by atoms with E-state index in [0.29, 0.717) is 23.8 Å². The largest absolute Gasteiger partial charge is 0.481 e. The lowest BCUT2D eigenvalue weighted by Gasteiger charge is -2.16. The molecule has 0 spiro atoms. The topological polar surface area (TPSA) is 38.3 Å². The van der Waals surface area contributed by atoms with E-state index in [1.54, 1.807) is 26.0 Å². The number of hydrogen-bond acceptors (Lipinski definition) is 2. The van der Waals surface area contributed by atoms with Crippen molar-refractivity contribution in [2.24, 2.45) is 5.92 Å². The fourth-order valence-electron chi connectivity index (χ4n) is 1.35. The van der Waals surface area contributed by atoms with Gasteiger partial charge < -0.3 is 10.1 Å². The van der Waals surface area contributed by atoms with Crippen LogP contribution in [-0.4, -0.2) is 18.6 Å². The van der Waals surface area contributed by atoms with E-state index in [2.05, 4.69) is 5.32 Å². The normalized spacial score (nSPS) is 12.3. The monoisotopic (exact) mass is 253 g/mol. The van der Waals surface area contributed by atoms with Crippen molar-refractivity contribution in [2.75, 3.05) is 6.54 Å². The van der Waals surface area contributed by atoms with Gasteiger partial charge in [0.15, 0.2) is 6.10 Å². The molecule has 100 valence electrons. The van der Waals surface area contributed by atoms with Crippen molar-refractivity contribution in [3.63, 3.8) is 0 Å². The summed E-state index contributed by atoms with van der Waals surface area (Å²) in [5.74, 6) is 0.232. The van der Waals surface area contributed by atoms with E-state index in [-0.39, 0.29) is 11.7 Å². The maximum absolute atomic E-state index is 13.3. The molecular weight excluding hydrogens is 233 g/mol. The van der Waals surface area contributed by atoms with E-state index in [0.717, 1.165) is 0 Å². The van der Waals surface area contributed by atoms with Crippen LogP contribution in [-0.2, 0) is 4.79 Å². The number of benzene rings is 1. The third-order valence-corrected chi connectivity index (χ3v) is 2.51. The van der Waals surface area contributed by atoms with Gasteiger partial charge in [-0.05, 0) is 31.4 Å². The third-order valence-electron chi connectivity index (χ3n) is 2.51. The molecule has 0 aliphatic rings. The molecule has 0 saturated carbocycles. The number of rotatable bonds is 5. The number of carbonyl (C=O) groups excluding carboxylic acids is 1. The summed E-state index contributed by atoms with van der Waals surface area (Å²) in [6, 6.07) is 4.58. The highest BCUT2D eigenvalue weighted by Crippen LogP contribution is 2.17. The lowest BCUT2D eigenvalue weighted by atomic mass is 10.2. The molecule has 1 aromatic rings. The summed E-state index contributed by atoms with van der Waals surface area (Å²) < 4.78 is 18.7. The average molecular weight is 253 g/mol. The van der Waals surface area contributed by atoms with Gasteiger partial charge in [0, 0.05) is 12.6 Å². The van der Waals surface area contributed by atoms with Crippen LogP contribution in [0.1, 0.15) is 26.3 Å². The number of nitrogens with one attached hydrogen (secondary N) is 1. The lowest BCUT2D eigenvalue weighted by Crippen LogP contribution is -2.38. The van der Waals surface area contributed by atoms with Crippen molar-refractivity contribution in [3.05, 3.63) is 29.6 Å². The zero-order valence-electron chi connectivity index (χ0n) is 11.3. The molecule has 0 fully saturated rings. The van der Waals surface area contributed by atoms with E-state index < -0.39 is 6.10 Å². The SMILES string of the molecule is Cc1ccc(OC(C)C(=O)NCC(C)C)cc1F. The molecule has 0 saturated heterocycles. The Hall–Kier alpha value is -1.58. The van der Waals surface area contributed by atoms with E-state index >= 15 is 0 Å². The van der Waals surface area contributed by atoms with Gasteiger partial charge in [0.05, 0.1) is 0 Å². The van der Waals surface area contributed by atoms with Crippen LogP contribution in [0.25, 0.3) is 0 Å². The summed E-state index contributed by atoms with van der Waals surface area (Å²) in [4.78, 5) is 11.7. The Balaban J connectivity index is 2.55. The Bertz CT molecular complexity index is 418. The minimum Gasteiger partial charge on any atom is -0.481 e. The van der Waals surface area contributed by atoms with Gasteiger partial charge in [0.2, 0.25) is 0 Å². The summed E-state index contributed by atoms with van der Waals surface area (Å²) >= 11 is 0. The molecular formula is C14H20FNO2. The summed E-state index contributed by atoms with van der Waals surface area (Å²) in [6.07, 6.45) is -0.633. The van der Waals surface area contributed by atoms with E-state index in [4.69, 9.17) is 4.74 Å². The van der Waals surface area contributed by atoms with Gasteiger partial charge >= 0.3 is 0 Å². The molecule has 1 aromatic carbocycles. The maximum Gasteiger partial charge on any atom is 0.260 e. The molecule has 1 N–H and O–H groups in total. The van der Waals surface area contributed by atoms with Gasteiger partial charge in [-0.2, -0.15) is 0 Å². The molecule has 1 unspecified atom stereocenters. The molecule has 1 amide bonds. The molecule has 0 radical (unpaired) electrons. The van der Waals surface area contributed by atoms with Crippen molar-refractivity contribution in [1.29, 1.82) is 0 Å². The second-order valence-corrected chi connectivity index (χ2v) is 4.81. The van der Waals surface area contributed by atoms with E-state index in [1.165, 1.54) is 6.07 Å².